The highest BCUT2D eigenvalue weighted by molar-refractivity contribution is 7.21. The van der Waals surface area contributed by atoms with Crippen molar-refractivity contribution in [3.8, 4) is 45.9 Å². The minimum Gasteiger partial charge on any atom is -0.497 e. The molecule has 0 aliphatic heterocycles. The fraction of sp³-hybridized carbons (Fsp3) is 0.167. The second-order valence-corrected chi connectivity index (χ2v) is 13.3. The van der Waals surface area contributed by atoms with Crippen LogP contribution in [-0.2, 0) is 13.1 Å². The van der Waals surface area contributed by atoms with Crippen molar-refractivity contribution in [2.45, 2.75) is 26.9 Å². The number of pyridine rings is 2. The second-order valence-electron chi connectivity index (χ2n) is 11.3. The van der Waals surface area contributed by atoms with Gasteiger partial charge in [-0.1, -0.05) is 24.3 Å². The summed E-state index contributed by atoms with van der Waals surface area (Å²) < 4.78 is 13.2. The van der Waals surface area contributed by atoms with E-state index < -0.39 is 11.1 Å². The molecular weight excluding hydrogens is 677 g/mol. The number of anilines is 2. The molecule has 12 nitrogen and oxygen atoms in total. The van der Waals surface area contributed by atoms with Crippen molar-refractivity contribution in [3.63, 3.8) is 0 Å². The summed E-state index contributed by atoms with van der Waals surface area (Å²) in [5.74, 6) is 0.484. The van der Waals surface area contributed by atoms with Gasteiger partial charge in [0.05, 0.1) is 35.3 Å². The number of nitriles is 2. The number of methoxy groups -OCH3 is 2. The molecule has 4 heterocycles. The van der Waals surface area contributed by atoms with Crippen LogP contribution in [0.5, 0.6) is 11.5 Å². The molecule has 0 amide bonds. The number of nitrogens with zero attached hydrogens (tertiary/aromatic N) is 4. The number of carbonyl (C=O) groups excluding carboxylic acids is 2. The predicted molar refractivity (Wildman–Crippen MR) is 194 cm³/mol. The van der Waals surface area contributed by atoms with Gasteiger partial charge >= 0.3 is 0 Å². The summed E-state index contributed by atoms with van der Waals surface area (Å²) in [6.07, 6.45) is 0. The number of ketones is 2. The molecule has 0 atom stereocenters. The molecular formula is C36H28N6O6S2. The van der Waals surface area contributed by atoms with Gasteiger partial charge in [-0.05, 0) is 35.4 Å². The van der Waals surface area contributed by atoms with Gasteiger partial charge in [0.1, 0.15) is 44.4 Å². The zero-order valence-corrected chi connectivity index (χ0v) is 28.9. The van der Waals surface area contributed by atoms with Crippen LogP contribution in [0.2, 0.25) is 0 Å². The van der Waals surface area contributed by atoms with Gasteiger partial charge in [0, 0.05) is 48.8 Å². The molecule has 0 spiro atoms. The van der Waals surface area contributed by atoms with E-state index >= 15 is 0 Å². The number of nitrogens with two attached hydrogens (primary N) is 2. The molecule has 2 aromatic carbocycles. The van der Waals surface area contributed by atoms with E-state index in [9.17, 15) is 29.7 Å². The highest BCUT2D eigenvalue weighted by atomic mass is 32.1. The van der Waals surface area contributed by atoms with Crippen LogP contribution in [0.3, 0.4) is 0 Å². The van der Waals surface area contributed by atoms with Gasteiger partial charge in [0.25, 0.3) is 11.1 Å². The third kappa shape index (κ3) is 5.27. The molecule has 0 saturated heterocycles. The first-order chi connectivity index (χ1) is 24.0. The van der Waals surface area contributed by atoms with Crippen LogP contribution in [0.25, 0.3) is 42.7 Å². The monoisotopic (exact) mass is 704 g/mol. The van der Waals surface area contributed by atoms with Gasteiger partial charge in [-0.3, -0.25) is 28.3 Å². The average molecular weight is 705 g/mol. The number of rotatable bonds is 9. The quantitative estimate of drug-likeness (QED) is 0.174. The van der Waals surface area contributed by atoms with Crippen LogP contribution in [0.1, 0.15) is 44.3 Å². The fourth-order valence-corrected chi connectivity index (χ4v) is 8.37. The number of Topliss-reactive ketones (excluding diaryl/α,β-unsaturated/α-hetero) is 2. The van der Waals surface area contributed by atoms with Crippen LogP contribution in [-0.4, -0.2) is 34.9 Å². The molecule has 6 rings (SSSR count). The number of thiophene rings is 2. The Bertz CT molecular complexity index is 2420. The van der Waals surface area contributed by atoms with Gasteiger partial charge in [-0.25, -0.2) is 0 Å². The van der Waals surface area contributed by atoms with E-state index in [-0.39, 0.29) is 68.0 Å². The third-order valence-electron chi connectivity index (χ3n) is 8.43. The van der Waals surface area contributed by atoms with Crippen molar-refractivity contribution in [3.05, 3.63) is 90.1 Å². The fourth-order valence-electron chi connectivity index (χ4n) is 6.07. The molecule has 50 heavy (non-hydrogen) atoms. The molecule has 14 heteroatoms. The highest BCUT2D eigenvalue weighted by Crippen LogP contribution is 2.43. The number of fused-ring (bicyclic) bond motifs is 2. The Kier molecular flexibility index (Phi) is 8.76. The summed E-state index contributed by atoms with van der Waals surface area (Å²) in [4.78, 5) is 54.7. The van der Waals surface area contributed by atoms with Gasteiger partial charge in [-0.2, -0.15) is 10.5 Å². The van der Waals surface area contributed by atoms with E-state index in [1.807, 2.05) is 12.1 Å². The smallest absolute Gasteiger partial charge is 0.270 e. The van der Waals surface area contributed by atoms with Crippen LogP contribution in [0.15, 0.2) is 58.1 Å². The lowest BCUT2D eigenvalue weighted by molar-refractivity contribution is 0.101. The van der Waals surface area contributed by atoms with E-state index in [4.69, 9.17) is 20.9 Å². The Morgan fingerprint density at radius 3 is 1.30 bits per heavy atom. The Morgan fingerprint density at radius 1 is 0.680 bits per heavy atom. The summed E-state index contributed by atoms with van der Waals surface area (Å²) in [5, 5.41) is 21.3. The first kappa shape index (κ1) is 33.7. The van der Waals surface area contributed by atoms with Crippen LogP contribution >= 0.6 is 22.7 Å². The standard InChI is InChI=1S/C36H28N6O6S2/c1-17(43)31-29(39)27-25(19-5-9-21(47-3)10-6-19)23(15-37)33(45)41(35(27)49-31)13-14-42-34(46)24(16-38)26(20-7-11-22(48-4)12-8-20)28-30(40)32(18(2)44)50-36(28)42/h5-12H,13-14,39-40H2,1-4H3. The lowest BCUT2D eigenvalue weighted by atomic mass is 9.97. The van der Waals surface area contributed by atoms with Crippen molar-refractivity contribution >= 4 is 66.0 Å². The third-order valence-corrected chi connectivity index (χ3v) is 11.1. The van der Waals surface area contributed by atoms with Crippen molar-refractivity contribution in [2.24, 2.45) is 0 Å². The van der Waals surface area contributed by atoms with Crippen LogP contribution < -0.4 is 32.1 Å². The number of aryl methyl sites for hydroxylation is 2. The van der Waals surface area contributed by atoms with Crippen molar-refractivity contribution in [1.29, 1.82) is 10.5 Å². The zero-order chi connectivity index (χ0) is 36.0. The van der Waals surface area contributed by atoms with E-state index in [1.54, 1.807) is 48.5 Å². The molecule has 0 unspecified atom stereocenters. The number of hydrogen-bond donors (Lipinski definition) is 2. The molecule has 0 radical (unpaired) electrons. The van der Waals surface area contributed by atoms with Crippen molar-refractivity contribution < 1.29 is 19.1 Å². The number of hydrogen-bond acceptors (Lipinski definition) is 12. The number of nitrogen functional groups attached to an aromatic ring is 2. The van der Waals surface area contributed by atoms with Gasteiger partial charge in [0.2, 0.25) is 0 Å². The molecule has 0 saturated carbocycles. The average Bonchev–Trinajstić information content (AvgIpc) is 3.64. The maximum Gasteiger partial charge on any atom is 0.270 e. The molecule has 250 valence electrons. The Labute approximate surface area is 292 Å². The number of aromatic nitrogens is 2. The Hall–Kier alpha value is -6.22. The topological polar surface area (TPSA) is 196 Å². The first-order valence-corrected chi connectivity index (χ1v) is 16.7. The molecule has 6 aromatic rings. The van der Waals surface area contributed by atoms with E-state index in [2.05, 4.69) is 0 Å². The zero-order valence-electron chi connectivity index (χ0n) is 27.2. The lowest BCUT2D eigenvalue weighted by Crippen LogP contribution is -2.30. The molecule has 0 bridgehead atoms. The number of benzene rings is 2. The van der Waals surface area contributed by atoms with E-state index in [0.29, 0.717) is 43.1 Å². The molecule has 4 aromatic heterocycles. The largest absolute Gasteiger partial charge is 0.497 e. The van der Waals surface area contributed by atoms with E-state index in [0.717, 1.165) is 22.7 Å². The summed E-state index contributed by atoms with van der Waals surface area (Å²) in [5.41, 5.74) is 13.2. The molecule has 0 aliphatic carbocycles. The number of ether oxygens (including phenoxy) is 2. The molecule has 4 N–H and O–H groups in total. The lowest BCUT2D eigenvalue weighted by Gasteiger charge is -2.16. The van der Waals surface area contributed by atoms with Gasteiger partial charge < -0.3 is 20.9 Å². The van der Waals surface area contributed by atoms with Crippen molar-refractivity contribution in [1.82, 2.24) is 9.13 Å². The number of carbonyl (C=O) groups is 2. The Morgan fingerprint density at radius 2 is 1.02 bits per heavy atom. The Balaban J connectivity index is 1.61. The second kappa shape index (κ2) is 13.0. The van der Waals surface area contributed by atoms with Gasteiger partial charge in [0.15, 0.2) is 11.6 Å². The summed E-state index contributed by atoms with van der Waals surface area (Å²) in [6, 6.07) is 17.6. The highest BCUT2D eigenvalue weighted by Gasteiger charge is 2.28. The van der Waals surface area contributed by atoms with Gasteiger partial charge in [-0.15, -0.1) is 22.7 Å². The van der Waals surface area contributed by atoms with E-state index in [1.165, 1.54) is 37.2 Å². The maximum absolute atomic E-state index is 14.1. The first-order valence-electron chi connectivity index (χ1n) is 15.1. The predicted octanol–water partition coefficient (Wildman–Crippen LogP) is 5.80. The summed E-state index contributed by atoms with van der Waals surface area (Å²) >= 11 is 2.03. The minimum absolute atomic E-state index is 0.126. The minimum atomic E-state index is -0.656. The normalized spacial score (nSPS) is 11.0. The molecule has 0 fully saturated rings. The SMILES string of the molecule is COc1ccc(-c2c(C#N)c(=O)n(CCn3c(=O)c(C#N)c(-c4ccc(OC)cc4)c4c(N)c(C(C)=O)sc43)c3sc(C(C)=O)c(N)c23)cc1. The molecule has 0 aliphatic rings. The summed E-state index contributed by atoms with van der Waals surface area (Å²) in [6.45, 7) is 2.41. The maximum atomic E-state index is 14.1. The summed E-state index contributed by atoms with van der Waals surface area (Å²) in [7, 11) is 3.03. The van der Waals surface area contributed by atoms with Crippen LogP contribution in [0, 0.1) is 22.7 Å². The van der Waals surface area contributed by atoms with Crippen LogP contribution in [0.4, 0.5) is 11.4 Å². The van der Waals surface area contributed by atoms with Crippen molar-refractivity contribution in [2.75, 3.05) is 25.7 Å².